The maximum absolute atomic E-state index is 11.0. The number of rotatable bonds is 5. The lowest BCUT2D eigenvalue weighted by Crippen LogP contribution is -2.42. The van der Waals surface area contributed by atoms with Crippen molar-refractivity contribution >= 4 is 12.2 Å². The average molecular weight is 237 g/mol. The highest BCUT2D eigenvalue weighted by molar-refractivity contribution is 5.86. The molecule has 0 aromatic heterocycles. The molecular weight excluding hydrogens is 218 g/mol. The van der Waals surface area contributed by atoms with Gasteiger partial charge in [0.05, 0.1) is 13.5 Å². The van der Waals surface area contributed by atoms with E-state index in [-0.39, 0.29) is 12.4 Å². The summed E-state index contributed by atoms with van der Waals surface area (Å²) in [5.74, 6) is 0.553. The van der Waals surface area contributed by atoms with Crippen molar-refractivity contribution in [3.63, 3.8) is 0 Å². The van der Waals surface area contributed by atoms with E-state index in [2.05, 4.69) is 26.5 Å². The molecule has 0 atom stereocenters. The van der Waals surface area contributed by atoms with Gasteiger partial charge in [-0.15, -0.1) is 0 Å². The van der Waals surface area contributed by atoms with Crippen LogP contribution in [0.4, 0.5) is 0 Å². The third-order valence-corrected chi connectivity index (χ3v) is 2.42. The Labute approximate surface area is 102 Å². The van der Waals surface area contributed by atoms with E-state index in [0.717, 1.165) is 32.0 Å². The third kappa shape index (κ3) is 4.82. The number of carbonyl (C=O) groups excluding carboxylic acids is 1. The van der Waals surface area contributed by atoms with Crippen molar-refractivity contribution in [3.05, 3.63) is 24.6 Å². The molecule has 0 spiro atoms. The monoisotopic (exact) mass is 237 g/mol. The minimum atomic E-state index is -0.285. The molecule has 1 aliphatic rings. The predicted octanol–water partition coefficient (Wildman–Crippen LogP) is 0.553. The number of nitrogens with one attached hydrogen (secondary N) is 1. The van der Waals surface area contributed by atoms with E-state index in [1.807, 2.05) is 6.08 Å². The Bertz CT molecular complexity index is 318. The summed E-state index contributed by atoms with van der Waals surface area (Å²) < 4.78 is 4.54. The van der Waals surface area contributed by atoms with Gasteiger partial charge in [-0.3, -0.25) is 4.79 Å². The third-order valence-electron chi connectivity index (χ3n) is 2.42. The van der Waals surface area contributed by atoms with Gasteiger partial charge in [-0.1, -0.05) is 12.7 Å². The number of allylic oxidation sites excluding steroid dienone is 2. The molecule has 0 aromatic carbocycles. The molecule has 1 heterocycles. The zero-order chi connectivity index (χ0) is 12.5. The van der Waals surface area contributed by atoms with Crippen molar-refractivity contribution < 1.29 is 9.53 Å². The molecule has 1 rings (SSSR count). The fourth-order valence-corrected chi connectivity index (χ4v) is 1.53. The van der Waals surface area contributed by atoms with Crippen LogP contribution in [0.3, 0.4) is 0 Å². The first-order chi connectivity index (χ1) is 8.27. The Kier molecular flexibility index (Phi) is 6.03. The number of ether oxygens (including phenoxy) is 1. The van der Waals surface area contributed by atoms with Crippen LogP contribution in [0.5, 0.6) is 0 Å². The van der Waals surface area contributed by atoms with E-state index in [0.29, 0.717) is 0 Å². The van der Waals surface area contributed by atoms with E-state index in [4.69, 9.17) is 0 Å². The van der Waals surface area contributed by atoms with E-state index in [1.54, 1.807) is 12.3 Å². The van der Waals surface area contributed by atoms with E-state index < -0.39 is 0 Å². The van der Waals surface area contributed by atoms with Gasteiger partial charge in [0, 0.05) is 32.4 Å². The summed E-state index contributed by atoms with van der Waals surface area (Å²) in [6.07, 6.45) is 5.31. The van der Waals surface area contributed by atoms with Crippen LogP contribution >= 0.6 is 0 Å². The number of carbonyl (C=O) groups is 1. The minimum absolute atomic E-state index is 0.192. The molecule has 1 saturated heterocycles. The zero-order valence-corrected chi connectivity index (χ0v) is 10.2. The summed E-state index contributed by atoms with van der Waals surface area (Å²) in [4.78, 5) is 17.4. The van der Waals surface area contributed by atoms with Gasteiger partial charge in [0.15, 0.2) is 0 Å². The molecule has 5 heteroatoms. The fraction of sp³-hybridized carbons (Fsp3) is 0.500. The number of hydrogen-bond acceptors (Lipinski definition) is 5. The van der Waals surface area contributed by atoms with Gasteiger partial charge in [-0.25, -0.2) is 4.99 Å². The summed E-state index contributed by atoms with van der Waals surface area (Å²) >= 11 is 0. The normalized spacial score (nSPS) is 17.2. The first-order valence-electron chi connectivity index (χ1n) is 5.65. The Balaban J connectivity index is 2.56. The lowest BCUT2D eigenvalue weighted by atomic mass is 10.3. The van der Waals surface area contributed by atoms with Crippen molar-refractivity contribution in [3.8, 4) is 0 Å². The second kappa shape index (κ2) is 7.62. The highest BCUT2D eigenvalue weighted by atomic mass is 16.5. The van der Waals surface area contributed by atoms with Gasteiger partial charge in [-0.2, -0.15) is 0 Å². The van der Waals surface area contributed by atoms with Gasteiger partial charge in [0.25, 0.3) is 0 Å². The van der Waals surface area contributed by atoms with Crippen molar-refractivity contribution in [2.45, 2.75) is 6.42 Å². The SMILES string of the molecule is C=C/C=C(\N=C/CC(=O)OC)N1CCNCC1. The molecule has 5 nitrogen and oxygen atoms in total. The Morgan fingerprint density at radius 1 is 1.53 bits per heavy atom. The standard InChI is InChI=1S/C12H19N3O2/c1-3-4-11(14-6-5-12(16)17-2)15-9-7-13-8-10-15/h3-4,6,13H,1,5,7-10H2,2H3/b11-4+,14-6-. The summed E-state index contributed by atoms with van der Waals surface area (Å²) in [6.45, 7) is 7.39. The number of hydrogen-bond donors (Lipinski definition) is 1. The highest BCUT2D eigenvalue weighted by Gasteiger charge is 2.11. The number of methoxy groups -OCH3 is 1. The molecule has 0 unspecified atom stereocenters. The summed E-state index contributed by atoms with van der Waals surface area (Å²) in [6, 6.07) is 0. The summed E-state index contributed by atoms with van der Waals surface area (Å²) in [5, 5.41) is 3.27. The van der Waals surface area contributed by atoms with Gasteiger partial charge in [0.2, 0.25) is 0 Å². The topological polar surface area (TPSA) is 53.9 Å². The Morgan fingerprint density at radius 2 is 2.24 bits per heavy atom. The first-order valence-corrected chi connectivity index (χ1v) is 5.65. The van der Waals surface area contributed by atoms with Gasteiger partial charge in [-0.05, 0) is 6.08 Å². The van der Waals surface area contributed by atoms with Crippen molar-refractivity contribution in [2.75, 3.05) is 33.3 Å². The lowest BCUT2D eigenvalue weighted by molar-refractivity contribution is -0.139. The molecule has 0 saturated carbocycles. The molecular formula is C12H19N3O2. The number of esters is 1. The number of aliphatic imine (C=N–C) groups is 1. The van der Waals surface area contributed by atoms with Crippen LogP contribution in [0, 0.1) is 0 Å². The van der Waals surface area contributed by atoms with E-state index in [1.165, 1.54) is 7.11 Å². The molecule has 1 N–H and O–H groups in total. The molecule has 0 amide bonds. The van der Waals surface area contributed by atoms with Crippen LogP contribution in [-0.2, 0) is 9.53 Å². The first kappa shape index (κ1) is 13.4. The van der Waals surface area contributed by atoms with E-state index in [9.17, 15) is 4.79 Å². The minimum Gasteiger partial charge on any atom is -0.469 e. The van der Waals surface area contributed by atoms with Crippen LogP contribution in [0.2, 0.25) is 0 Å². The van der Waals surface area contributed by atoms with E-state index >= 15 is 0 Å². The maximum Gasteiger partial charge on any atom is 0.310 e. The lowest BCUT2D eigenvalue weighted by Gasteiger charge is -2.29. The number of nitrogens with zero attached hydrogens (tertiary/aromatic N) is 2. The fourth-order valence-electron chi connectivity index (χ4n) is 1.53. The molecule has 0 bridgehead atoms. The predicted molar refractivity (Wildman–Crippen MR) is 67.8 cm³/mol. The molecule has 0 radical (unpaired) electrons. The molecule has 0 aliphatic carbocycles. The molecule has 1 aliphatic heterocycles. The maximum atomic E-state index is 11.0. The van der Waals surface area contributed by atoms with Crippen LogP contribution in [0.15, 0.2) is 29.5 Å². The Morgan fingerprint density at radius 3 is 2.82 bits per heavy atom. The quantitative estimate of drug-likeness (QED) is 0.431. The average Bonchev–Trinajstić information content (AvgIpc) is 2.38. The largest absolute Gasteiger partial charge is 0.469 e. The summed E-state index contributed by atoms with van der Waals surface area (Å²) in [5.41, 5.74) is 0. The molecule has 1 fully saturated rings. The molecule has 17 heavy (non-hydrogen) atoms. The smallest absolute Gasteiger partial charge is 0.310 e. The van der Waals surface area contributed by atoms with Crippen LogP contribution < -0.4 is 5.32 Å². The Hall–Kier alpha value is -1.62. The zero-order valence-electron chi connectivity index (χ0n) is 10.2. The van der Waals surface area contributed by atoms with Crippen LogP contribution in [-0.4, -0.2) is 50.4 Å². The van der Waals surface area contributed by atoms with Crippen LogP contribution in [0.25, 0.3) is 0 Å². The van der Waals surface area contributed by atoms with Gasteiger partial charge in [0.1, 0.15) is 5.82 Å². The number of piperazine rings is 1. The second-order valence-corrected chi connectivity index (χ2v) is 3.59. The highest BCUT2D eigenvalue weighted by Crippen LogP contribution is 2.07. The molecule has 0 aromatic rings. The van der Waals surface area contributed by atoms with Crippen molar-refractivity contribution in [1.82, 2.24) is 10.2 Å². The van der Waals surface area contributed by atoms with Crippen molar-refractivity contribution in [1.29, 1.82) is 0 Å². The second-order valence-electron chi connectivity index (χ2n) is 3.59. The van der Waals surface area contributed by atoms with Gasteiger partial charge < -0.3 is 15.0 Å². The molecule has 94 valence electrons. The van der Waals surface area contributed by atoms with Crippen LogP contribution in [0.1, 0.15) is 6.42 Å². The summed E-state index contributed by atoms with van der Waals surface area (Å²) in [7, 11) is 1.37. The van der Waals surface area contributed by atoms with Gasteiger partial charge >= 0.3 is 5.97 Å². The van der Waals surface area contributed by atoms with Crippen molar-refractivity contribution in [2.24, 2.45) is 4.99 Å².